The van der Waals surface area contributed by atoms with Gasteiger partial charge in [0.05, 0.1) is 17.2 Å². The second-order valence-electron chi connectivity index (χ2n) is 5.20. The number of benzene rings is 2. The van der Waals surface area contributed by atoms with Crippen molar-refractivity contribution in [1.82, 2.24) is 0 Å². The summed E-state index contributed by atoms with van der Waals surface area (Å²) in [6, 6.07) is 11.3. The third-order valence-corrected chi connectivity index (χ3v) is 4.77. The number of phenols is 2. The van der Waals surface area contributed by atoms with Gasteiger partial charge in [-0.25, -0.2) is 0 Å². The first-order valence-corrected chi connectivity index (χ1v) is 8.75. The van der Waals surface area contributed by atoms with Crippen molar-refractivity contribution in [3.8, 4) is 17.2 Å². The van der Waals surface area contributed by atoms with Gasteiger partial charge in [0.1, 0.15) is 5.75 Å². The van der Waals surface area contributed by atoms with E-state index in [-0.39, 0.29) is 17.4 Å². The van der Waals surface area contributed by atoms with Crippen LogP contribution < -0.4 is 9.64 Å². The van der Waals surface area contributed by atoms with Crippen molar-refractivity contribution >= 4 is 46.0 Å². The molecule has 0 bridgehead atoms. The van der Waals surface area contributed by atoms with Gasteiger partial charge in [-0.2, -0.15) is 0 Å². The monoisotopic (exact) mass is 373 g/mol. The van der Waals surface area contributed by atoms with E-state index in [1.54, 1.807) is 30.3 Å². The molecule has 1 amide bonds. The normalized spacial score (nSPS) is 15.9. The SMILES string of the molecule is CCOc1cc(/C=C2\SC(=S)N(c3cccc(O)c3)C2=O)ccc1O. The Morgan fingerprint density at radius 1 is 1.24 bits per heavy atom. The highest BCUT2D eigenvalue weighted by Gasteiger charge is 2.33. The number of hydrogen-bond donors (Lipinski definition) is 2. The van der Waals surface area contributed by atoms with Gasteiger partial charge in [0.15, 0.2) is 15.8 Å². The van der Waals surface area contributed by atoms with E-state index in [1.165, 1.54) is 34.9 Å². The fraction of sp³-hybridized carbons (Fsp3) is 0.111. The largest absolute Gasteiger partial charge is 0.508 e. The number of thioether (sulfide) groups is 1. The number of amides is 1. The van der Waals surface area contributed by atoms with Gasteiger partial charge in [-0.1, -0.05) is 36.1 Å². The summed E-state index contributed by atoms with van der Waals surface area (Å²) in [5.74, 6) is 0.216. The standard InChI is InChI=1S/C18H15NO4S2/c1-2-23-15-8-11(6-7-14(15)21)9-16-17(22)19(18(24)25-16)12-4-3-5-13(20)10-12/h3-10,20-21H,2H2,1H3/b16-9-. The summed E-state index contributed by atoms with van der Waals surface area (Å²) in [6.07, 6.45) is 1.70. The van der Waals surface area contributed by atoms with Crippen molar-refractivity contribution in [2.75, 3.05) is 11.5 Å². The first kappa shape index (κ1) is 17.3. The Balaban J connectivity index is 1.92. The van der Waals surface area contributed by atoms with Crippen LogP contribution in [0.5, 0.6) is 17.2 Å². The van der Waals surface area contributed by atoms with E-state index >= 15 is 0 Å². The van der Waals surface area contributed by atoms with E-state index < -0.39 is 0 Å². The highest BCUT2D eigenvalue weighted by molar-refractivity contribution is 8.27. The third kappa shape index (κ3) is 3.62. The van der Waals surface area contributed by atoms with Crippen molar-refractivity contribution in [3.05, 3.63) is 52.9 Å². The average molecular weight is 373 g/mol. The quantitative estimate of drug-likeness (QED) is 0.626. The number of aromatic hydroxyl groups is 2. The maximum Gasteiger partial charge on any atom is 0.270 e. The molecule has 1 saturated heterocycles. The lowest BCUT2D eigenvalue weighted by atomic mass is 10.2. The molecule has 0 radical (unpaired) electrons. The number of ether oxygens (including phenoxy) is 1. The summed E-state index contributed by atoms with van der Waals surface area (Å²) in [5, 5.41) is 19.4. The van der Waals surface area contributed by atoms with Gasteiger partial charge in [0.25, 0.3) is 5.91 Å². The van der Waals surface area contributed by atoms with Crippen LogP contribution in [0.15, 0.2) is 47.4 Å². The van der Waals surface area contributed by atoms with E-state index in [1.807, 2.05) is 6.92 Å². The predicted octanol–water partition coefficient (Wildman–Crippen LogP) is 3.90. The summed E-state index contributed by atoms with van der Waals surface area (Å²) in [7, 11) is 0. The van der Waals surface area contributed by atoms with Gasteiger partial charge in [0, 0.05) is 6.07 Å². The molecular weight excluding hydrogens is 358 g/mol. The molecule has 7 heteroatoms. The Kier molecular flexibility index (Phi) is 4.96. The molecule has 2 aromatic rings. The summed E-state index contributed by atoms with van der Waals surface area (Å²) >= 11 is 6.49. The summed E-state index contributed by atoms with van der Waals surface area (Å²) < 4.78 is 5.75. The fourth-order valence-corrected chi connectivity index (χ4v) is 3.66. The molecule has 2 N–H and O–H groups in total. The van der Waals surface area contributed by atoms with Crippen LogP contribution in [-0.4, -0.2) is 27.0 Å². The first-order chi connectivity index (χ1) is 12.0. The maximum absolute atomic E-state index is 12.7. The molecule has 0 unspecified atom stereocenters. The molecule has 1 fully saturated rings. The highest BCUT2D eigenvalue weighted by Crippen LogP contribution is 2.37. The Morgan fingerprint density at radius 2 is 2.04 bits per heavy atom. The van der Waals surface area contributed by atoms with Gasteiger partial charge in [-0.15, -0.1) is 0 Å². The second kappa shape index (κ2) is 7.16. The lowest BCUT2D eigenvalue weighted by Crippen LogP contribution is -2.27. The molecule has 1 aliphatic heterocycles. The summed E-state index contributed by atoms with van der Waals surface area (Å²) in [5.41, 5.74) is 1.24. The molecule has 2 aromatic carbocycles. The number of phenolic OH excluding ortho intramolecular Hbond substituents is 2. The average Bonchev–Trinajstić information content (AvgIpc) is 2.85. The van der Waals surface area contributed by atoms with E-state index in [0.29, 0.717) is 27.3 Å². The molecule has 1 heterocycles. The molecule has 25 heavy (non-hydrogen) atoms. The molecular formula is C18H15NO4S2. The number of carbonyl (C=O) groups excluding carboxylic acids is 1. The Labute approximate surface area is 154 Å². The van der Waals surface area contributed by atoms with Crippen LogP contribution >= 0.6 is 24.0 Å². The minimum atomic E-state index is -0.258. The van der Waals surface area contributed by atoms with E-state index in [4.69, 9.17) is 17.0 Å². The second-order valence-corrected chi connectivity index (χ2v) is 6.87. The number of thiocarbonyl (C=S) groups is 1. The van der Waals surface area contributed by atoms with Crippen molar-refractivity contribution < 1.29 is 19.7 Å². The topological polar surface area (TPSA) is 70.0 Å². The molecule has 0 saturated carbocycles. The van der Waals surface area contributed by atoms with Crippen molar-refractivity contribution in [1.29, 1.82) is 0 Å². The lowest BCUT2D eigenvalue weighted by Gasteiger charge is -2.14. The predicted molar refractivity (Wildman–Crippen MR) is 103 cm³/mol. The van der Waals surface area contributed by atoms with Crippen LogP contribution in [0.2, 0.25) is 0 Å². The summed E-state index contributed by atoms with van der Waals surface area (Å²) in [4.78, 5) is 14.5. The van der Waals surface area contributed by atoms with E-state index in [2.05, 4.69) is 0 Å². The van der Waals surface area contributed by atoms with E-state index in [0.717, 1.165) is 5.56 Å². The highest BCUT2D eigenvalue weighted by atomic mass is 32.2. The Hall–Kier alpha value is -2.51. The third-order valence-electron chi connectivity index (χ3n) is 3.46. The lowest BCUT2D eigenvalue weighted by molar-refractivity contribution is -0.113. The minimum Gasteiger partial charge on any atom is -0.508 e. The van der Waals surface area contributed by atoms with Crippen LogP contribution in [0.3, 0.4) is 0 Å². The Bertz CT molecular complexity index is 879. The zero-order valence-electron chi connectivity index (χ0n) is 13.3. The van der Waals surface area contributed by atoms with Crippen molar-refractivity contribution in [3.63, 3.8) is 0 Å². The number of anilines is 1. The van der Waals surface area contributed by atoms with Crippen LogP contribution in [0.25, 0.3) is 6.08 Å². The van der Waals surface area contributed by atoms with Gasteiger partial charge < -0.3 is 14.9 Å². The van der Waals surface area contributed by atoms with Crippen LogP contribution in [0, 0.1) is 0 Å². The number of nitrogens with zero attached hydrogens (tertiary/aromatic N) is 1. The number of carbonyl (C=O) groups is 1. The molecule has 5 nitrogen and oxygen atoms in total. The first-order valence-electron chi connectivity index (χ1n) is 7.52. The molecule has 0 aliphatic carbocycles. The van der Waals surface area contributed by atoms with Crippen LogP contribution in [0.1, 0.15) is 12.5 Å². The molecule has 3 rings (SSSR count). The summed E-state index contributed by atoms with van der Waals surface area (Å²) in [6.45, 7) is 2.25. The molecule has 128 valence electrons. The number of hydrogen-bond acceptors (Lipinski definition) is 6. The zero-order chi connectivity index (χ0) is 18.0. The van der Waals surface area contributed by atoms with Gasteiger partial charge in [-0.05, 0) is 42.8 Å². The Morgan fingerprint density at radius 3 is 2.76 bits per heavy atom. The maximum atomic E-state index is 12.7. The van der Waals surface area contributed by atoms with Crippen LogP contribution in [-0.2, 0) is 4.79 Å². The minimum absolute atomic E-state index is 0.0475. The van der Waals surface area contributed by atoms with Gasteiger partial charge in [0.2, 0.25) is 0 Å². The van der Waals surface area contributed by atoms with Crippen molar-refractivity contribution in [2.24, 2.45) is 0 Å². The molecule has 0 spiro atoms. The molecule has 1 aliphatic rings. The molecule has 0 aromatic heterocycles. The van der Waals surface area contributed by atoms with Crippen LogP contribution in [0.4, 0.5) is 5.69 Å². The zero-order valence-corrected chi connectivity index (χ0v) is 14.9. The van der Waals surface area contributed by atoms with Gasteiger partial charge >= 0.3 is 0 Å². The molecule has 0 atom stereocenters. The fourth-order valence-electron chi connectivity index (χ4n) is 2.37. The van der Waals surface area contributed by atoms with E-state index in [9.17, 15) is 15.0 Å². The van der Waals surface area contributed by atoms with Crippen molar-refractivity contribution in [2.45, 2.75) is 6.92 Å². The number of rotatable bonds is 4. The van der Waals surface area contributed by atoms with Gasteiger partial charge in [-0.3, -0.25) is 9.69 Å². The smallest absolute Gasteiger partial charge is 0.270 e.